The summed E-state index contributed by atoms with van der Waals surface area (Å²) in [6.07, 6.45) is 5.60. The topological polar surface area (TPSA) is 57.6 Å². The molecule has 1 aliphatic rings. The Morgan fingerprint density at radius 3 is 2.72 bits per heavy atom. The van der Waals surface area contributed by atoms with Gasteiger partial charge >= 0.3 is 0 Å². The van der Waals surface area contributed by atoms with E-state index < -0.39 is 0 Å². The van der Waals surface area contributed by atoms with Crippen LogP contribution in [0.15, 0.2) is 53.8 Å². The summed E-state index contributed by atoms with van der Waals surface area (Å²) in [5.41, 5.74) is 5.69. The standard InChI is InChI=1S/C20H24N4O/c1-16-6-2-3-7-18(16)15-24-12-9-17(10-13-24)14-22-23-20(25)19-8-4-5-11-21-19/h2-8,11,14,17H,9-10,12-13,15H2,1H3,(H,23,25)/b22-14+. The lowest BCUT2D eigenvalue weighted by molar-refractivity contribution is 0.0949. The Morgan fingerprint density at radius 1 is 1.24 bits per heavy atom. The molecule has 2 aromatic rings. The van der Waals surface area contributed by atoms with E-state index in [1.165, 1.54) is 11.1 Å². The van der Waals surface area contributed by atoms with E-state index in [0.717, 1.165) is 32.5 Å². The fourth-order valence-electron chi connectivity index (χ4n) is 3.04. The maximum Gasteiger partial charge on any atom is 0.289 e. The van der Waals surface area contributed by atoms with E-state index in [2.05, 4.69) is 51.6 Å². The highest BCUT2D eigenvalue weighted by atomic mass is 16.2. The highest BCUT2D eigenvalue weighted by molar-refractivity contribution is 5.92. The molecule has 25 heavy (non-hydrogen) atoms. The normalized spacial score (nSPS) is 16.2. The van der Waals surface area contributed by atoms with Crippen molar-refractivity contribution < 1.29 is 4.79 Å². The number of hydrogen-bond donors (Lipinski definition) is 1. The molecule has 1 fully saturated rings. The number of carbonyl (C=O) groups is 1. The van der Waals surface area contributed by atoms with Gasteiger partial charge in [0.15, 0.2) is 0 Å². The summed E-state index contributed by atoms with van der Waals surface area (Å²) in [6, 6.07) is 13.8. The Bertz CT molecular complexity index is 721. The lowest BCUT2D eigenvalue weighted by atomic mass is 9.97. The van der Waals surface area contributed by atoms with Gasteiger partial charge in [0.1, 0.15) is 5.69 Å². The molecule has 0 radical (unpaired) electrons. The first kappa shape index (κ1) is 17.3. The van der Waals surface area contributed by atoms with Crippen LogP contribution >= 0.6 is 0 Å². The molecule has 0 spiro atoms. The summed E-state index contributed by atoms with van der Waals surface area (Å²) in [5, 5.41) is 4.11. The van der Waals surface area contributed by atoms with Crippen LogP contribution in [0.25, 0.3) is 0 Å². The molecule has 0 saturated carbocycles. The lowest BCUT2D eigenvalue weighted by Crippen LogP contribution is -2.34. The number of aryl methyl sites for hydroxylation is 1. The summed E-state index contributed by atoms with van der Waals surface area (Å²) >= 11 is 0. The molecular formula is C20H24N4O. The van der Waals surface area contributed by atoms with Gasteiger partial charge in [-0.25, -0.2) is 5.43 Å². The minimum Gasteiger partial charge on any atom is -0.299 e. The van der Waals surface area contributed by atoms with Crippen LogP contribution in [0.4, 0.5) is 0 Å². The molecule has 1 amide bonds. The van der Waals surface area contributed by atoms with Gasteiger partial charge in [0.2, 0.25) is 0 Å². The monoisotopic (exact) mass is 336 g/mol. The molecule has 130 valence electrons. The fraction of sp³-hybridized carbons (Fsp3) is 0.350. The Balaban J connectivity index is 1.43. The van der Waals surface area contributed by atoms with Crippen LogP contribution in [0.2, 0.25) is 0 Å². The van der Waals surface area contributed by atoms with Crippen molar-refractivity contribution >= 4 is 12.1 Å². The highest BCUT2D eigenvalue weighted by Crippen LogP contribution is 2.18. The van der Waals surface area contributed by atoms with Crippen molar-refractivity contribution in [2.24, 2.45) is 11.0 Å². The Labute approximate surface area is 148 Å². The maximum atomic E-state index is 11.9. The van der Waals surface area contributed by atoms with E-state index in [-0.39, 0.29) is 5.91 Å². The van der Waals surface area contributed by atoms with Crippen molar-refractivity contribution in [2.75, 3.05) is 13.1 Å². The Hall–Kier alpha value is -2.53. The molecule has 2 heterocycles. The molecule has 5 nitrogen and oxygen atoms in total. The van der Waals surface area contributed by atoms with Gasteiger partial charge < -0.3 is 0 Å². The van der Waals surface area contributed by atoms with Gasteiger partial charge in [0, 0.05) is 19.0 Å². The number of likely N-dealkylation sites (tertiary alicyclic amines) is 1. The van der Waals surface area contributed by atoms with Crippen LogP contribution in [0.5, 0.6) is 0 Å². The zero-order valence-electron chi connectivity index (χ0n) is 14.6. The summed E-state index contributed by atoms with van der Waals surface area (Å²) < 4.78 is 0. The van der Waals surface area contributed by atoms with Gasteiger partial charge in [-0.1, -0.05) is 30.3 Å². The molecule has 1 aliphatic heterocycles. The Morgan fingerprint density at radius 2 is 2.00 bits per heavy atom. The van der Waals surface area contributed by atoms with Crippen LogP contribution in [-0.4, -0.2) is 35.1 Å². The summed E-state index contributed by atoms with van der Waals surface area (Å²) in [7, 11) is 0. The van der Waals surface area contributed by atoms with Gasteiger partial charge in [-0.15, -0.1) is 0 Å². The molecule has 3 rings (SSSR count). The van der Waals surface area contributed by atoms with Crippen molar-refractivity contribution in [1.29, 1.82) is 0 Å². The van der Waals surface area contributed by atoms with E-state index in [1.807, 2.05) is 6.21 Å². The second-order valence-corrected chi connectivity index (χ2v) is 6.47. The Kier molecular flexibility index (Phi) is 5.90. The molecule has 0 unspecified atom stereocenters. The van der Waals surface area contributed by atoms with E-state index in [1.54, 1.807) is 24.4 Å². The van der Waals surface area contributed by atoms with Gasteiger partial charge in [0.25, 0.3) is 5.91 Å². The molecule has 0 atom stereocenters. The van der Waals surface area contributed by atoms with Crippen molar-refractivity contribution in [1.82, 2.24) is 15.3 Å². The van der Waals surface area contributed by atoms with Gasteiger partial charge in [0.05, 0.1) is 0 Å². The minimum atomic E-state index is -0.270. The molecular weight excluding hydrogens is 312 g/mol. The van der Waals surface area contributed by atoms with Crippen molar-refractivity contribution in [2.45, 2.75) is 26.3 Å². The van der Waals surface area contributed by atoms with Crippen molar-refractivity contribution in [3.63, 3.8) is 0 Å². The number of pyridine rings is 1. The third kappa shape index (κ3) is 4.97. The molecule has 1 saturated heterocycles. The lowest BCUT2D eigenvalue weighted by Gasteiger charge is -2.30. The number of rotatable bonds is 5. The van der Waals surface area contributed by atoms with Crippen LogP contribution in [0.3, 0.4) is 0 Å². The first-order valence-electron chi connectivity index (χ1n) is 8.74. The number of benzene rings is 1. The number of amides is 1. The summed E-state index contributed by atoms with van der Waals surface area (Å²) in [5.74, 6) is 0.144. The average Bonchev–Trinajstić information content (AvgIpc) is 2.65. The van der Waals surface area contributed by atoms with Gasteiger partial charge in [-0.05, 0) is 62.0 Å². The number of piperidine rings is 1. The molecule has 1 aromatic carbocycles. The SMILES string of the molecule is Cc1ccccc1CN1CCC(/C=N/NC(=O)c2ccccn2)CC1. The third-order valence-electron chi connectivity index (χ3n) is 4.64. The third-order valence-corrected chi connectivity index (χ3v) is 4.64. The smallest absolute Gasteiger partial charge is 0.289 e. The van der Waals surface area contributed by atoms with E-state index in [4.69, 9.17) is 0 Å². The zero-order chi connectivity index (χ0) is 17.5. The van der Waals surface area contributed by atoms with E-state index in [0.29, 0.717) is 11.6 Å². The van der Waals surface area contributed by atoms with Crippen molar-refractivity contribution in [3.8, 4) is 0 Å². The first-order chi connectivity index (χ1) is 12.2. The molecule has 0 bridgehead atoms. The molecule has 0 aliphatic carbocycles. The highest BCUT2D eigenvalue weighted by Gasteiger charge is 2.18. The zero-order valence-corrected chi connectivity index (χ0v) is 14.6. The van der Waals surface area contributed by atoms with E-state index >= 15 is 0 Å². The number of hydrazone groups is 1. The summed E-state index contributed by atoms with van der Waals surface area (Å²) in [4.78, 5) is 18.4. The quantitative estimate of drug-likeness (QED) is 0.674. The van der Waals surface area contributed by atoms with E-state index in [9.17, 15) is 4.79 Å². The maximum absolute atomic E-state index is 11.9. The van der Waals surface area contributed by atoms with Crippen LogP contribution in [0, 0.1) is 12.8 Å². The number of hydrogen-bond acceptors (Lipinski definition) is 4. The fourth-order valence-corrected chi connectivity index (χ4v) is 3.04. The minimum absolute atomic E-state index is 0.270. The van der Waals surface area contributed by atoms with Crippen LogP contribution in [-0.2, 0) is 6.54 Å². The second kappa shape index (κ2) is 8.53. The second-order valence-electron chi connectivity index (χ2n) is 6.47. The largest absolute Gasteiger partial charge is 0.299 e. The molecule has 1 aromatic heterocycles. The number of carbonyl (C=O) groups excluding carboxylic acids is 1. The number of aromatic nitrogens is 1. The predicted molar refractivity (Wildman–Crippen MR) is 99.4 cm³/mol. The number of nitrogens with one attached hydrogen (secondary N) is 1. The summed E-state index contributed by atoms with van der Waals surface area (Å²) in [6.45, 7) is 5.28. The van der Waals surface area contributed by atoms with Gasteiger partial charge in [-0.2, -0.15) is 5.10 Å². The van der Waals surface area contributed by atoms with Crippen LogP contribution in [0.1, 0.15) is 34.5 Å². The van der Waals surface area contributed by atoms with Crippen LogP contribution < -0.4 is 5.43 Å². The average molecular weight is 336 g/mol. The predicted octanol–water partition coefficient (Wildman–Crippen LogP) is 3.02. The molecule has 5 heteroatoms. The van der Waals surface area contributed by atoms with Crippen molar-refractivity contribution in [3.05, 3.63) is 65.5 Å². The van der Waals surface area contributed by atoms with Gasteiger partial charge in [-0.3, -0.25) is 14.7 Å². The first-order valence-corrected chi connectivity index (χ1v) is 8.74. The number of nitrogens with zero attached hydrogens (tertiary/aromatic N) is 3. The molecule has 1 N–H and O–H groups in total.